The Kier molecular flexibility index (Phi) is 8.94. The van der Waals surface area contributed by atoms with Gasteiger partial charge in [0.25, 0.3) is 0 Å². The Morgan fingerprint density at radius 1 is 1.13 bits per heavy atom. The lowest BCUT2D eigenvalue weighted by Crippen LogP contribution is -2.36. The molecular weight excluding hydrogens is 538 g/mol. The number of carbonyl (C=O) groups is 1. The van der Waals surface area contributed by atoms with Gasteiger partial charge in [0.05, 0.1) is 17.0 Å². The fourth-order valence-electron chi connectivity index (χ4n) is 4.86. The molecule has 2 aliphatic rings. The second-order valence-electron chi connectivity index (χ2n) is 9.35. The molecule has 8 nitrogen and oxygen atoms in total. The van der Waals surface area contributed by atoms with Crippen LogP contribution in [0.4, 0.5) is 8.78 Å². The smallest absolute Gasteiger partial charge is 0.243 e. The number of hydrogen-bond acceptors (Lipinski definition) is 6. The highest BCUT2D eigenvalue weighted by atomic mass is 35.5. The van der Waals surface area contributed by atoms with E-state index in [4.69, 9.17) is 4.74 Å². The number of aromatic nitrogens is 2. The summed E-state index contributed by atoms with van der Waals surface area (Å²) >= 11 is 0. The number of H-pyrrole nitrogens is 1. The highest BCUT2D eigenvalue weighted by Crippen LogP contribution is 2.27. The lowest BCUT2D eigenvalue weighted by Gasteiger charge is -2.26. The first-order valence-corrected chi connectivity index (χ1v) is 13.7. The van der Waals surface area contributed by atoms with E-state index in [-0.39, 0.29) is 37.7 Å². The van der Waals surface area contributed by atoms with Gasteiger partial charge in [0.15, 0.2) is 5.78 Å². The van der Waals surface area contributed by atoms with E-state index in [0.29, 0.717) is 41.9 Å². The summed E-state index contributed by atoms with van der Waals surface area (Å²) < 4.78 is 60.2. The average molecular weight is 567 g/mol. The van der Waals surface area contributed by atoms with Crippen molar-refractivity contribution in [2.75, 3.05) is 19.8 Å². The predicted octanol–water partition coefficient (Wildman–Crippen LogP) is 3.55. The summed E-state index contributed by atoms with van der Waals surface area (Å²) in [5.74, 6) is -2.04. The number of carbonyl (C=O) groups excluding carboxylic acids is 1. The Hall–Kier alpha value is -2.70. The minimum atomic E-state index is -4.14. The van der Waals surface area contributed by atoms with Crippen LogP contribution in [0.5, 0.6) is 0 Å². The number of benzene rings is 2. The molecular formula is C26H29ClF2N4O4S. The van der Waals surface area contributed by atoms with E-state index in [2.05, 4.69) is 15.5 Å². The van der Waals surface area contributed by atoms with Crippen LogP contribution in [-0.2, 0) is 40.7 Å². The molecule has 1 fully saturated rings. The zero-order valence-corrected chi connectivity index (χ0v) is 22.2. The zero-order chi connectivity index (χ0) is 26.0. The van der Waals surface area contributed by atoms with Crippen LogP contribution >= 0.6 is 12.4 Å². The number of Topliss-reactive ketones (excluding diaryl/α,β-unsaturated/α-hetero) is 1. The summed E-state index contributed by atoms with van der Waals surface area (Å²) in [6.45, 7) is 2.10. The SMILES string of the molecule is Cl.O=C(Cc1n[nH]c2c1CN(S(=O)(=O)c1cc(F)cc(F)c1)CC2)c1ccccc1CNC1CCOCC1. The highest BCUT2D eigenvalue weighted by molar-refractivity contribution is 7.89. The molecule has 0 saturated carbocycles. The molecule has 0 amide bonds. The van der Waals surface area contributed by atoms with E-state index < -0.39 is 26.6 Å². The monoisotopic (exact) mass is 566 g/mol. The lowest BCUT2D eigenvalue weighted by molar-refractivity contribution is 0.0775. The molecule has 0 atom stereocenters. The molecule has 0 radical (unpaired) electrons. The van der Waals surface area contributed by atoms with Gasteiger partial charge in [0, 0.05) is 68.2 Å². The van der Waals surface area contributed by atoms with Crippen LogP contribution in [0, 0.1) is 11.6 Å². The highest BCUT2D eigenvalue weighted by Gasteiger charge is 2.32. The molecule has 1 aromatic heterocycles. The first-order chi connectivity index (χ1) is 17.8. The van der Waals surface area contributed by atoms with Crippen molar-refractivity contribution >= 4 is 28.2 Å². The Morgan fingerprint density at radius 2 is 1.84 bits per heavy atom. The topological polar surface area (TPSA) is 104 Å². The van der Waals surface area contributed by atoms with E-state index >= 15 is 0 Å². The number of sulfonamides is 1. The van der Waals surface area contributed by atoms with Gasteiger partial charge in [-0.1, -0.05) is 24.3 Å². The molecule has 2 aromatic carbocycles. The normalized spacial score (nSPS) is 16.6. The molecule has 0 spiro atoms. The van der Waals surface area contributed by atoms with Gasteiger partial charge in [-0.25, -0.2) is 17.2 Å². The summed E-state index contributed by atoms with van der Waals surface area (Å²) in [5, 5.41) is 10.7. The van der Waals surface area contributed by atoms with E-state index in [1.807, 2.05) is 18.2 Å². The Labute approximate surface area is 226 Å². The Balaban J connectivity index is 0.00000336. The number of nitrogens with one attached hydrogen (secondary N) is 2. The van der Waals surface area contributed by atoms with Crippen LogP contribution in [0.15, 0.2) is 47.4 Å². The maximum atomic E-state index is 13.7. The van der Waals surface area contributed by atoms with Crippen molar-refractivity contribution in [1.82, 2.24) is 19.8 Å². The second-order valence-corrected chi connectivity index (χ2v) is 11.3. The molecule has 1 saturated heterocycles. The summed E-state index contributed by atoms with van der Waals surface area (Å²) in [5.41, 5.74) is 3.33. The van der Waals surface area contributed by atoms with Crippen molar-refractivity contribution in [2.45, 2.75) is 49.7 Å². The Bertz CT molecular complexity index is 1390. The quantitative estimate of drug-likeness (QED) is 0.404. The maximum absolute atomic E-state index is 13.7. The molecule has 2 aliphatic heterocycles. The van der Waals surface area contributed by atoms with Crippen molar-refractivity contribution in [3.05, 3.63) is 82.2 Å². The molecule has 0 bridgehead atoms. The van der Waals surface area contributed by atoms with Crippen molar-refractivity contribution in [3.8, 4) is 0 Å². The van der Waals surface area contributed by atoms with Crippen molar-refractivity contribution in [1.29, 1.82) is 0 Å². The molecule has 3 heterocycles. The number of fused-ring (bicyclic) bond motifs is 1. The fourth-order valence-corrected chi connectivity index (χ4v) is 6.31. The van der Waals surface area contributed by atoms with Crippen molar-refractivity contribution in [3.63, 3.8) is 0 Å². The lowest BCUT2D eigenvalue weighted by atomic mass is 9.97. The van der Waals surface area contributed by atoms with Gasteiger partial charge in [-0.2, -0.15) is 9.40 Å². The molecule has 5 rings (SSSR count). The van der Waals surface area contributed by atoms with Crippen LogP contribution in [-0.4, -0.2) is 54.5 Å². The van der Waals surface area contributed by atoms with Gasteiger partial charge < -0.3 is 10.1 Å². The van der Waals surface area contributed by atoms with Gasteiger partial charge in [0.1, 0.15) is 11.6 Å². The minimum absolute atomic E-state index is 0. The van der Waals surface area contributed by atoms with Crippen LogP contribution in [0.3, 0.4) is 0 Å². The first kappa shape index (κ1) is 28.3. The number of rotatable bonds is 8. The van der Waals surface area contributed by atoms with Crippen molar-refractivity contribution in [2.24, 2.45) is 0 Å². The zero-order valence-electron chi connectivity index (χ0n) is 20.6. The largest absolute Gasteiger partial charge is 0.381 e. The van der Waals surface area contributed by atoms with Gasteiger partial charge in [-0.15, -0.1) is 12.4 Å². The van der Waals surface area contributed by atoms with Crippen LogP contribution in [0.25, 0.3) is 0 Å². The molecule has 0 aliphatic carbocycles. The number of nitrogens with zero attached hydrogens (tertiary/aromatic N) is 2. The third-order valence-corrected chi connectivity index (χ3v) is 8.73. The number of ether oxygens (including phenoxy) is 1. The van der Waals surface area contributed by atoms with Gasteiger partial charge in [-0.3, -0.25) is 9.89 Å². The number of hydrogen-bond donors (Lipinski definition) is 2. The van der Waals surface area contributed by atoms with E-state index in [1.165, 1.54) is 4.31 Å². The molecule has 12 heteroatoms. The molecule has 0 unspecified atom stereocenters. The van der Waals surface area contributed by atoms with E-state index in [0.717, 1.165) is 49.4 Å². The molecule has 204 valence electrons. The van der Waals surface area contributed by atoms with E-state index in [1.54, 1.807) is 6.07 Å². The number of aromatic amines is 1. The Morgan fingerprint density at radius 3 is 2.58 bits per heavy atom. The summed E-state index contributed by atoms with van der Waals surface area (Å²) in [7, 11) is -4.14. The number of ketones is 1. The van der Waals surface area contributed by atoms with Crippen molar-refractivity contribution < 1.29 is 26.7 Å². The van der Waals surface area contributed by atoms with Crippen LogP contribution < -0.4 is 5.32 Å². The van der Waals surface area contributed by atoms with Gasteiger partial charge in [-0.05, 0) is 30.5 Å². The minimum Gasteiger partial charge on any atom is -0.381 e. The average Bonchev–Trinajstić information content (AvgIpc) is 3.29. The van der Waals surface area contributed by atoms with Gasteiger partial charge in [0.2, 0.25) is 10.0 Å². The van der Waals surface area contributed by atoms with Crippen LogP contribution in [0.2, 0.25) is 0 Å². The first-order valence-electron chi connectivity index (χ1n) is 12.2. The summed E-state index contributed by atoms with van der Waals surface area (Å²) in [4.78, 5) is 12.9. The molecule has 2 N–H and O–H groups in total. The van der Waals surface area contributed by atoms with E-state index in [9.17, 15) is 22.0 Å². The third kappa shape index (κ3) is 6.13. The summed E-state index contributed by atoms with van der Waals surface area (Å²) in [6, 6.07) is 10.0. The molecule has 3 aromatic rings. The van der Waals surface area contributed by atoms with Gasteiger partial charge >= 0.3 is 0 Å². The maximum Gasteiger partial charge on any atom is 0.243 e. The summed E-state index contributed by atoms with van der Waals surface area (Å²) in [6.07, 6.45) is 2.20. The fraction of sp³-hybridized carbons (Fsp3) is 0.385. The molecule has 38 heavy (non-hydrogen) atoms. The number of halogens is 3. The van der Waals surface area contributed by atoms with Crippen LogP contribution in [0.1, 0.15) is 45.7 Å². The third-order valence-electron chi connectivity index (χ3n) is 6.91. The standard InChI is InChI=1S/C26H28F2N4O4S.ClH/c27-18-11-19(28)13-21(12-18)37(34,35)32-8-5-24-23(16-32)25(31-30-24)14-26(33)22-4-2-1-3-17(22)15-29-20-6-9-36-10-7-20;/h1-4,11-13,20,29H,5-10,14-16H2,(H,30,31);1H. The predicted molar refractivity (Wildman–Crippen MR) is 139 cm³/mol. The second kappa shape index (κ2) is 12.0.